The van der Waals surface area contributed by atoms with E-state index in [0.717, 1.165) is 63.7 Å². The molecule has 148 valence electrons. The van der Waals surface area contributed by atoms with Crippen LogP contribution in [0.5, 0.6) is 0 Å². The number of carbonyl (C=O) groups is 2. The van der Waals surface area contributed by atoms with Crippen LogP contribution in [0.2, 0.25) is 0 Å². The SMILES string of the molecule is C[C@]12CC/C(=N/OC3CNC3)C[C@@H]1C(=O)C[C@@H]1[C@@H]2CC[C@]2(C)C(=O)CC[C@@H]12. The minimum atomic E-state index is -0.156. The molecule has 1 heterocycles. The molecule has 5 nitrogen and oxygen atoms in total. The second-order valence-corrected chi connectivity index (χ2v) is 10.3. The van der Waals surface area contributed by atoms with Crippen molar-refractivity contribution in [1.82, 2.24) is 5.32 Å². The summed E-state index contributed by atoms with van der Waals surface area (Å²) in [6.07, 6.45) is 7.50. The van der Waals surface area contributed by atoms with Gasteiger partial charge in [0, 0.05) is 37.3 Å². The van der Waals surface area contributed by atoms with Crippen LogP contribution in [0.15, 0.2) is 5.16 Å². The van der Waals surface area contributed by atoms with Crippen LogP contribution in [0, 0.1) is 34.5 Å². The number of carbonyl (C=O) groups excluding carboxylic acids is 2. The average Bonchev–Trinajstić information content (AvgIpc) is 2.90. The number of nitrogens with one attached hydrogen (secondary N) is 1. The smallest absolute Gasteiger partial charge is 0.152 e. The third-order valence-corrected chi connectivity index (χ3v) is 9.08. The molecular weight excluding hydrogens is 340 g/mol. The molecule has 0 radical (unpaired) electrons. The highest BCUT2D eigenvalue weighted by atomic mass is 16.6. The van der Waals surface area contributed by atoms with E-state index >= 15 is 0 Å². The molecule has 1 saturated heterocycles. The number of ketones is 2. The van der Waals surface area contributed by atoms with Gasteiger partial charge in [0.15, 0.2) is 6.10 Å². The lowest BCUT2D eigenvalue weighted by molar-refractivity contribution is -0.152. The fourth-order valence-corrected chi connectivity index (χ4v) is 7.19. The second kappa shape index (κ2) is 6.13. The predicted octanol–water partition coefficient (Wildman–Crippen LogP) is 3.12. The quantitative estimate of drug-likeness (QED) is 0.756. The van der Waals surface area contributed by atoms with Gasteiger partial charge in [-0.1, -0.05) is 19.0 Å². The summed E-state index contributed by atoms with van der Waals surface area (Å²) >= 11 is 0. The van der Waals surface area contributed by atoms with Gasteiger partial charge in [0.1, 0.15) is 11.6 Å². The maximum absolute atomic E-state index is 13.2. The summed E-state index contributed by atoms with van der Waals surface area (Å²) in [5, 5.41) is 7.61. The van der Waals surface area contributed by atoms with Gasteiger partial charge >= 0.3 is 0 Å². The molecule has 0 spiro atoms. The maximum Gasteiger partial charge on any atom is 0.152 e. The molecule has 5 aliphatic rings. The van der Waals surface area contributed by atoms with Crippen molar-refractivity contribution in [2.75, 3.05) is 13.1 Å². The van der Waals surface area contributed by atoms with Gasteiger partial charge in [-0.15, -0.1) is 0 Å². The summed E-state index contributed by atoms with van der Waals surface area (Å²) in [5.74, 6) is 2.39. The van der Waals surface area contributed by atoms with Gasteiger partial charge in [-0.25, -0.2) is 0 Å². The molecule has 0 unspecified atom stereocenters. The molecule has 0 aromatic rings. The van der Waals surface area contributed by atoms with Crippen molar-refractivity contribution in [3.8, 4) is 0 Å². The van der Waals surface area contributed by atoms with Crippen molar-refractivity contribution in [1.29, 1.82) is 0 Å². The lowest BCUT2D eigenvalue weighted by atomic mass is 9.45. The molecule has 1 N–H and O–H groups in total. The number of Topliss-reactive ketones (excluding diaryl/α,β-unsaturated/α-hetero) is 2. The van der Waals surface area contributed by atoms with Gasteiger partial charge in [-0.05, 0) is 61.7 Å². The first kappa shape index (κ1) is 17.8. The number of fused-ring (bicyclic) bond motifs is 5. The molecule has 0 bridgehead atoms. The lowest BCUT2D eigenvalue weighted by Crippen LogP contribution is -2.56. The molecule has 0 amide bonds. The fourth-order valence-electron chi connectivity index (χ4n) is 7.19. The highest BCUT2D eigenvalue weighted by Gasteiger charge is 2.62. The molecule has 6 atom stereocenters. The number of hydrogen-bond acceptors (Lipinski definition) is 5. The van der Waals surface area contributed by atoms with Crippen molar-refractivity contribution in [3.05, 3.63) is 0 Å². The van der Waals surface area contributed by atoms with E-state index < -0.39 is 0 Å². The third kappa shape index (κ3) is 2.56. The summed E-state index contributed by atoms with van der Waals surface area (Å²) in [6, 6.07) is 0. The minimum absolute atomic E-state index is 0.0734. The first-order chi connectivity index (χ1) is 12.9. The highest BCUT2D eigenvalue weighted by molar-refractivity contribution is 5.93. The molecular formula is C22H32N2O3. The van der Waals surface area contributed by atoms with Gasteiger partial charge in [0.2, 0.25) is 0 Å². The van der Waals surface area contributed by atoms with Crippen molar-refractivity contribution >= 4 is 17.3 Å². The number of hydrogen-bond donors (Lipinski definition) is 1. The summed E-state index contributed by atoms with van der Waals surface area (Å²) in [5.41, 5.74) is 0.994. The van der Waals surface area contributed by atoms with E-state index in [1.165, 1.54) is 0 Å². The van der Waals surface area contributed by atoms with Gasteiger partial charge in [-0.3, -0.25) is 9.59 Å². The number of nitrogens with zero attached hydrogens (tertiary/aromatic N) is 1. The van der Waals surface area contributed by atoms with Gasteiger partial charge in [0.05, 0.1) is 5.71 Å². The van der Waals surface area contributed by atoms with Crippen LogP contribution in [0.1, 0.15) is 65.2 Å². The Labute approximate surface area is 161 Å². The van der Waals surface area contributed by atoms with E-state index in [9.17, 15) is 9.59 Å². The first-order valence-corrected chi connectivity index (χ1v) is 10.9. The Balaban J connectivity index is 1.37. The maximum atomic E-state index is 13.2. The topological polar surface area (TPSA) is 67.8 Å². The van der Waals surface area contributed by atoms with Gasteiger partial charge < -0.3 is 10.2 Å². The summed E-state index contributed by atoms with van der Waals surface area (Å²) in [6.45, 7) is 6.29. The van der Waals surface area contributed by atoms with Crippen molar-refractivity contribution in [2.45, 2.75) is 71.3 Å². The average molecular weight is 373 g/mol. The third-order valence-electron chi connectivity index (χ3n) is 9.08. The molecule has 1 aliphatic heterocycles. The zero-order chi connectivity index (χ0) is 18.8. The van der Waals surface area contributed by atoms with E-state index in [1.807, 2.05) is 0 Å². The van der Waals surface area contributed by atoms with Crippen LogP contribution >= 0.6 is 0 Å². The molecule has 5 heteroatoms. The Kier molecular flexibility index (Phi) is 4.05. The Bertz CT molecular complexity index is 700. The largest absolute Gasteiger partial charge is 0.390 e. The molecule has 0 aromatic carbocycles. The Morgan fingerprint density at radius 1 is 1.04 bits per heavy atom. The monoisotopic (exact) mass is 372 g/mol. The van der Waals surface area contributed by atoms with Crippen LogP contribution in [-0.4, -0.2) is 36.5 Å². The second-order valence-electron chi connectivity index (χ2n) is 10.3. The Morgan fingerprint density at radius 3 is 2.59 bits per heavy atom. The number of rotatable bonds is 2. The van der Waals surface area contributed by atoms with E-state index in [-0.39, 0.29) is 22.9 Å². The Hall–Kier alpha value is -1.23. The standard InChI is InChI=1S/C22H32N2O3/c1-21-7-5-13(24-27-14-11-23-12-14)9-18(21)19(25)10-15-16-3-4-20(26)22(16,2)8-6-17(15)21/h14-18,23H,3-12H2,1-2H3/b24-13-/t15-,16-,17-,18+,21+,22-/m0/s1. The van der Waals surface area contributed by atoms with Gasteiger partial charge in [0.25, 0.3) is 0 Å². The minimum Gasteiger partial charge on any atom is -0.390 e. The van der Waals surface area contributed by atoms with Gasteiger partial charge in [-0.2, -0.15) is 0 Å². The van der Waals surface area contributed by atoms with Crippen LogP contribution < -0.4 is 5.32 Å². The fraction of sp³-hybridized carbons (Fsp3) is 0.864. The first-order valence-electron chi connectivity index (χ1n) is 10.9. The predicted molar refractivity (Wildman–Crippen MR) is 102 cm³/mol. The molecule has 5 fully saturated rings. The lowest BCUT2D eigenvalue weighted by Gasteiger charge is -2.58. The van der Waals surface area contributed by atoms with Crippen molar-refractivity contribution in [2.24, 2.45) is 39.7 Å². The van der Waals surface area contributed by atoms with Crippen molar-refractivity contribution in [3.63, 3.8) is 0 Å². The molecule has 4 saturated carbocycles. The van der Waals surface area contributed by atoms with Crippen LogP contribution in [0.4, 0.5) is 0 Å². The van der Waals surface area contributed by atoms with E-state index in [0.29, 0.717) is 35.7 Å². The van der Waals surface area contributed by atoms with E-state index in [1.54, 1.807) is 0 Å². The molecule has 0 aromatic heterocycles. The summed E-state index contributed by atoms with van der Waals surface area (Å²) in [4.78, 5) is 31.4. The highest BCUT2D eigenvalue weighted by Crippen LogP contribution is 2.64. The summed E-state index contributed by atoms with van der Waals surface area (Å²) < 4.78 is 0. The van der Waals surface area contributed by atoms with Crippen molar-refractivity contribution < 1.29 is 14.4 Å². The molecule has 4 aliphatic carbocycles. The van der Waals surface area contributed by atoms with Crippen LogP contribution in [0.25, 0.3) is 0 Å². The molecule has 5 rings (SSSR count). The van der Waals surface area contributed by atoms with Crippen LogP contribution in [0.3, 0.4) is 0 Å². The molecule has 27 heavy (non-hydrogen) atoms. The van der Waals surface area contributed by atoms with Crippen LogP contribution in [-0.2, 0) is 14.4 Å². The zero-order valence-electron chi connectivity index (χ0n) is 16.6. The Morgan fingerprint density at radius 2 is 1.85 bits per heavy atom. The number of oxime groups is 1. The summed E-state index contributed by atoms with van der Waals surface area (Å²) in [7, 11) is 0. The zero-order valence-corrected chi connectivity index (χ0v) is 16.6. The van der Waals surface area contributed by atoms with E-state index in [2.05, 4.69) is 24.3 Å². The normalized spacial score (nSPS) is 48.6. The van der Waals surface area contributed by atoms with E-state index in [4.69, 9.17) is 4.84 Å².